The van der Waals surface area contributed by atoms with Gasteiger partial charge in [-0.05, 0) is 24.7 Å². The van der Waals surface area contributed by atoms with Crippen LogP contribution in [0, 0.1) is 11.8 Å². The van der Waals surface area contributed by atoms with Crippen LogP contribution in [0.3, 0.4) is 0 Å². The highest BCUT2D eigenvalue weighted by molar-refractivity contribution is 8.14. The van der Waals surface area contributed by atoms with Crippen molar-refractivity contribution >= 4 is 16.9 Å². The van der Waals surface area contributed by atoms with Crippen LogP contribution in [-0.2, 0) is 0 Å². The molecule has 0 aromatic heterocycles. The Morgan fingerprint density at radius 2 is 1.94 bits per heavy atom. The third-order valence-corrected chi connectivity index (χ3v) is 5.07. The molecular formula is C13H26N2S. The van der Waals surface area contributed by atoms with Gasteiger partial charge in [-0.25, -0.2) is 0 Å². The first-order valence-corrected chi connectivity index (χ1v) is 7.47. The maximum Gasteiger partial charge on any atom is 0.157 e. The minimum atomic E-state index is 0.310. The van der Waals surface area contributed by atoms with E-state index >= 15 is 0 Å². The summed E-state index contributed by atoms with van der Waals surface area (Å²) in [5.74, 6) is 2.57. The van der Waals surface area contributed by atoms with Gasteiger partial charge in [0, 0.05) is 17.8 Å². The predicted octanol–water partition coefficient (Wildman–Crippen LogP) is 3.53. The lowest BCUT2D eigenvalue weighted by atomic mass is 9.96. The highest BCUT2D eigenvalue weighted by Gasteiger charge is 2.33. The van der Waals surface area contributed by atoms with Crippen molar-refractivity contribution in [1.82, 2.24) is 5.32 Å². The second-order valence-electron chi connectivity index (χ2n) is 5.27. The van der Waals surface area contributed by atoms with Crippen molar-refractivity contribution in [2.24, 2.45) is 16.8 Å². The Bertz CT molecular complexity index is 244. The van der Waals surface area contributed by atoms with Gasteiger partial charge in [0.25, 0.3) is 0 Å². The molecule has 1 heterocycles. The minimum Gasteiger partial charge on any atom is -0.359 e. The zero-order valence-electron chi connectivity index (χ0n) is 11.3. The van der Waals surface area contributed by atoms with Crippen molar-refractivity contribution in [3.05, 3.63) is 0 Å². The molecule has 3 heteroatoms. The van der Waals surface area contributed by atoms with E-state index in [2.05, 4.69) is 39.9 Å². The third-order valence-electron chi connectivity index (χ3n) is 3.87. The van der Waals surface area contributed by atoms with E-state index in [0.29, 0.717) is 11.5 Å². The van der Waals surface area contributed by atoms with E-state index in [1.165, 1.54) is 18.6 Å². The molecule has 1 aliphatic rings. The number of nitrogens with one attached hydrogen (secondary N) is 1. The van der Waals surface area contributed by atoms with Crippen LogP contribution in [-0.4, -0.2) is 23.0 Å². The van der Waals surface area contributed by atoms with Crippen molar-refractivity contribution in [2.45, 2.75) is 53.0 Å². The minimum absolute atomic E-state index is 0.310. The fourth-order valence-corrected chi connectivity index (χ4v) is 3.01. The predicted molar refractivity (Wildman–Crippen MR) is 75.2 cm³/mol. The molecule has 1 atom stereocenters. The zero-order valence-corrected chi connectivity index (χ0v) is 12.2. The SMILES string of the molecule is CCC1(CC)CSC(=NCC(C)C(C)C)N1. The van der Waals surface area contributed by atoms with E-state index < -0.39 is 0 Å². The maximum absolute atomic E-state index is 4.70. The average Bonchev–Trinajstić information content (AvgIpc) is 2.70. The van der Waals surface area contributed by atoms with E-state index in [-0.39, 0.29) is 0 Å². The van der Waals surface area contributed by atoms with E-state index in [0.717, 1.165) is 17.6 Å². The zero-order chi connectivity index (χ0) is 12.2. The summed E-state index contributed by atoms with van der Waals surface area (Å²) in [7, 11) is 0. The molecule has 0 radical (unpaired) electrons. The molecule has 0 bridgehead atoms. The van der Waals surface area contributed by atoms with Crippen molar-refractivity contribution in [1.29, 1.82) is 0 Å². The Kier molecular flexibility index (Phi) is 5.16. The Morgan fingerprint density at radius 1 is 1.31 bits per heavy atom. The van der Waals surface area contributed by atoms with E-state index in [9.17, 15) is 0 Å². The van der Waals surface area contributed by atoms with Gasteiger partial charge in [0.1, 0.15) is 0 Å². The molecule has 1 rings (SSSR count). The molecule has 0 amide bonds. The van der Waals surface area contributed by atoms with Crippen LogP contribution in [0.5, 0.6) is 0 Å². The van der Waals surface area contributed by atoms with Crippen LogP contribution in [0.1, 0.15) is 47.5 Å². The highest BCUT2D eigenvalue weighted by atomic mass is 32.2. The summed E-state index contributed by atoms with van der Waals surface area (Å²) in [5.41, 5.74) is 0.310. The first kappa shape index (κ1) is 13.9. The maximum atomic E-state index is 4.70. The lowest BCUT2D eigenvalue weighted by Crippen LogP contribution is -2.42. The van der Waals surface area contributed by atoms with Gasteiger partial charge < -0.3 is 5.32 Å². The number of aliphatic imine (C=N–C) groups is 1. The summed E-state index contributed by atoms with van der Waals surface area (Å²) < 4.78 is 0. The number of hydrogen-bond acceptors (Lipinski definition) is 2. The fraction of sp³-hybridized carbons (Fsp3) is 0.923. The second-order valence-corrected chi connectivity index (χ2v) is 6.23. The Balaban J connectivity index is 2.49. The summed E-state index contributed by atoms with van der Waals surface area (Å²) in [6.45, 7) is 12.3. The molecular weight excluding hydrogens is 216 g/mol. The molecule has 1 fully saturated rings. The molecule has 1 N–H and O–H groups in total. The standard InChI is InChI=1S/C13H26N2S/c1-6-13(7-2)9-16-12(15-13)14-8-11(5)10(3)4/h10-11H,6-9H2,1-5H3,(H,14,15). The lowest BCUT2D eigenvalue weighted by molar-refractivity contribution is 0.404. The van der Waals surface area contributed by atoms with Crippen LogP contribution < -0.4 is 5.32 Å². The molecule has 94 valence electrons. The van der Waals surface area contributed by atoms with Crippen LogP contribution in [0.4, 0.5) is 0 Å². The van der Waals surface area contributed by atoms with Crippen LogP contribution in [0.25, 0.3) is 0 Å². The fourth-order valence-electron chi connectivity index (χ4n) is 1.66. The van der Waals surface area contributed by atoms with Gasteiger partial charge in [0.15, 0.2) is 5.17 Å². The molecule has 0 aliphatic carbocycles. The van der Waals surface area contributed by atoms with E-state index in [1.807, 2.05) is 11.8 Å². The quantitative estimate of drug-likeness (QED) is 0.797. The van der Waals surface area contributed by atoms with E-state index in [1.54, 1.807) is 0 Å². The van der Waals surface area contributed by atoms with Crippen LogP contribution in [0.15, 0.2) is 4.99 Å². The Hall–Kier alpha value is -0.180. The Morgan fingerprint density at radius 3 is 2.38 bits per heavy atom. The molecule has 1 saturated heterocycles. The highest BCUT2D eigenvalue weighted by Crippen LogP contribution is 2.29. The second kappa shape index (κ2) is 5.95. The van der Waals surface area contributed by atoms with E-state index in [4.69, 9.17) is 4.99 Å². The smallest absolute Gasteiger partial charge is 0.157 e. The van der Waals surface area contributed by atoms with Crippen molar-refractivity contribution in [2.75, 3.05) is 12.3 Å². The number of rotatable bonds is 5. The van der Waals surface area contributed by atoms with Gasteiger partial charge in [0.05, 0.1) is 0 Å². The van der Waals surface area contributed by atoms with Gasteiger partial charge in [-0.2, -0.15) is 0 Å². The summed E-state index contributed by atoms with van der Waals surface area (Å²) in [6, 6.07) is 0. The molecule has 1 aliphatic heterocycles. The van der Waals surface area contributed by atoms with Crippen LogP contribution in [0.2, 0.25) is 0 Å². The van der Waals surface area contributed by atoms with Crippen LogP contribution >= 0.6 is 11.8 Å². The monoisotopic (exact) mass is 242 g/mol. The molecule has 16 heavy (non-hydrogen) atoms. The van der Waals surface area contributed by atoms with Crippen molar-refractivity contribution in [3.63, 3.8) is 0 Å². The average molecular weight is 242 g/mol. The number of thioether (sulfide) groups is 1. The normalized spacial score (nSPS) is 23.8. The van der Waals surface area contributed by atoms with Gasteiger partial charge in [-0.15, -0.1) is 0 Å². The molecule has 0 spiro atoms. The van der Waals surface area contributed by atoms with Gasteiger partial charge >= 0.3 is 0 Å². The lowest BCUT2D eigenvalue weighted by Gasteiger charge is -2.25. The van der Waals surface area contributed by atoms with Gasteiger partial charge in [-0.1, -0.05) is 46.4 Å². The molecule has 1 unspecified atom stereocenters. The first-order chi connectivity index (χ1) is 7.53. The molecule has 2 nitrogen and oxygen atoms in total. The van der Waals surface area contributed by atoms with Gasteiger partial charge in [0.2, 0.25) is 0 Å². The summed E-state index contributed by atoms with van der Waals surface area (Å²) in [6.07, 6.45) is 2.38. The first-order valence-electron chi connectivity index (χ1n) is 6.48. The number of nitrogens with zero attached hydrogens (tertiary/aromatic N) is 1. The molecule has 0 saturated carbocycles. The topological polar surface area (TPSA) is 24.4 Å². The van der Waals surface area contributed by atoms with Crippen molar-refractivity contribution < 1.29 is 0 Å². The van der Waals surface area contributed by atoms with Gasteiger partial charge in [-0.3, -0.25) is 4.99 Å². The Labute approximate surface area is 105 Å². The largest absolute Gasteiger partial charge is 0.359 e. The molecule has 0 aromatic carbocycles. The third kappa shape index (κ3) is 3.41. The molecule has 0 aromatic rings. The number of amidine groups is 1. The summed E-state index contributed by atoms with van der Waals surface area (Å²) in [5, 5.41) is 4.77. The van der Waals surface area contributed by atoms with Crippen molar-refractivity contribution in [3.8, 4) is 0 Å². The summed E-state index contributed by atoms with van der Waals surface area (Å²) in [4.78, 5) is 4.70. The number of hydrogen-bond donors (Lipinski definition) is 1. The summed E-state index contributed by atoms with van der Waals surface area (Å²) >= 11 is 1.89.